The summed E-state index contributed by atoms with van der Waals surface area (Å²) in [4.78, 5) is 12.7. The van der Waals surface area contributed by atoms with Gasteiger partial charge in [0.05, 0.1) is 5.56 Å². The molecule has 0 aliphatic carbocycles. The molecule has 4 aromatic rings. The largest absolute Gasteiger partial charge is 0.508 e. The van der Waals surface area contributed by atoms with Gasteiger partial charge in [0.1, 0.15) is 17.1 Å². The zero-order chi connectivity index (χ0) is 19.0. The zero-order valence-corrected chi connectivity index (χ0v) is 14.8. The maximum Gasteiger partial charge on any atom is 0.344 e. The molecule has 4 rings (SSSR count). The fourth-order valence-electron chi connectivity index (χ4n) is 3.15. The third-order valence-corrected chi connectivity index (χ3v) is 4.68. The van der Waals surface area contributed by atoms with E-state index in [-0.39, 0.29) is 11.3 Å². The van der Waals surface area contributed by atoms with Crippen LogP contribution < -0.4 is 5.63 Å². The Kier molecular flexibility index (Phi) is 4.42. The lowest BCUT2D eigenvalue weighted by atomic mass is 9.93. The minimum absolute atomic E-state index is 0.163. The van der Waals surface area contributed by atoms with Crippen molar-refractivity contribution in [1.82, 2.24) is 0 Å². The van der Waals surface area contributed by atoms with Crippen molar-refractivity contribution in [3.8, 4) is 16.9 Å². The van der Waals surface area contributed by atoms with E-state index >= 15 is 0 Å². The maximum atomic E-state index is 13.6. The number of halogens is 2. The summed E-state index contributed by atoms with van der Waals surface area (Å²) in [6.07, 6.45) is 0.423. The third kappa shape index (κ3) is 3.44. The van der Waals surface area contributed by atoms with E-state index in [0.29, 0.717) is 28.0 Å². The summed E-state index contributed by atoms with van der Waals surface area (Å²) in [7, 11) is 0. The van der Waals surface area contributed by atoms with Crippen molar-refractivity contribution in [1.29, 1.82) is 0 Å². The van der Waals surface area contributed by atoms with Crippen LogP contribution in [0.25, 0.3) is 22.1 Å². The highest BCUT2D eigenvalue weighted by Crippen LogP contribution is 2.31. The van der Waals surface area contributed by atoms with Gasteiger partial charge in [-0.1, -0.05) is 35.9 Å². The van der Waals surface area contributed by atoms with E-state index < -0.39 is 11.4 Å². The van der Waals surface area contributed by atoms with Crippen LogP contribution in [-0.2, 0) is 6.42 Å². The number of phenolic OH excluding ortho intramolecular Hbond substituents is 1. The molecule has 0 aliphatic heterocycles. The first kappa shape index (κ1) is 17.3. The molecule has 0 spiro atoms. The van der Waals surface area contributed by atoms with E-state index in [9.17, 15) is 14.3 Å². The van der Waals surface area contributed by atoms with Crippen LogP contribution in [0.1, 0.15) is 11.1 Å². The van der Waals surface area contributed by atoms with Crippen LogP contribution in [0.2, 0.25) is 5.02 Å². The van der Waals surface area contributed by atoms with E-state index in [1.807, 2.05) is 0 Å². The van der Waals surface area contributed by atoms with Gasteiger partial charge >= 0.3 is 5.63 Å². The molecule has 0 saturated carbocycles. The molecule has 134 valence electrons. The van der Waals surface area contributed by atoms with E-state index in [4.69, 9.17) is 16.0 Å². The van der Waals surface area contributed by atoms with Gasteiger partial charge in [-0.2, -0.15) is 0 Å². The monoisotopic (exact) mass is 380 g/mol. The number of hydrogen-bond acceptors (Lipinski definition) is 3. The van der Waals surface area contributed by atoms with E-state index in [1.165, 1.54) is 12.1 Å². The first-order chi connectivity index (χ1) is 13.0. The molecular weight excluding hydrogens is 367 g/mol. The second-order valence-corrected chi connectivity index (χ2v) is 6.67. The van der Waals surface area contributed by atoms with Crippen molar-refractivity contribution in [2.24, 2.45) is 0 Å². The van der Waals surface area contributed by atoms with Crippen molar-refractivity contribution in [3.05, 3.63) is 99.1 Å². The Hall–Kier alpha value is -3.11. The Balaban J connectivity index is 1.99. The molecule has 0 saturated heterocycles. The van der Waals surface area contributed by atoms with Crippen LogP contribution >= 0.6 is 11.6 Å². The van der Waals surface area contributed by atoms with Gasteiger partial charge in [0.15, 0.2) is 0 Å². The lowest BCUT2D eigenvalue weighted by Gasteiger charge is -2.12. The molecule has 3 nitrogen and oxygen atoms in total. The summed E-state index contributed by atoms with van der Waals surface area (Å²) in [5.41, 5.74) is 2.39. The SMILES string of the molecule is O=c1oc2cc(F)ccc2c(Cc2ccc(O)cc2)c1-c1ccc(Cl)cc1. The first-order valence-electron chi connectivity index (χ1n) is 8.30. The molecular formula is C22H14ClFO3. The zero-order valence-electron chi connectivity index (χ0n) is 14.1. The highest BCUT2D eigenvalue weighted by atomic mass is 35.5. The Morgan fingerprint density at radius 3 is 2.37 bits per heavy atom. The summed E-state index contributed by atoms with van der Waals surface area (Å²) in [5.74, 6) is -0.309. The van der Waals surface area contributed by atoms with E-state index in [2.05, 4.69) is 0 Å². The summed E-state index contributed by atoms with van der Waals surface area (Å²) >= 11 is 5.97. The molecule has 0 fully saturated rings. The van der Waals surface area contributed by atoms with Crippen molar-refractivity contribution in [2.75, 3.05) is 0 Å². The Morgan fingerprint density at radius 1 is 0.963 bits per heavy atom. The predicted molar refractivity (Wildman–Crippen MR) is 104 cm³/mol. The molecule has 1 aromatic heterocycles. The fraction of sp³-hybridized carbons (Fsp3) is 0.0455. The van der Waals surface area contributed by atoms with Gasteiger partial charge in [0, 0.05) is 16.5 Å². The topological polar surface area (TPSA) is 50.4 Å². The van der Waals surface area contributed by atoms with Crippen LogP contribution in [0.3, 0.4) is 0 Å². The highest BCUT2D eigenvalue weighted by molar-refractivity contribution is 6.30. The van der Waals surface area contributed by atoms with E-state index in [0.717, 1.165) is 11.1 Å². The normalized spacial score (nSPS) is 11.0. The van der Waals surface area contributed by atoms with Gasteiger partial charge in [-0.15, -0.1) is 0 Å². The van der Waals surface area contributed by atoms with Gasteiger partial charge in [0.2, 0.25) is 0 Å². The smallest absolute Gasteiger partial charge is 0.344 e. The molecule has 3 aromatic carbocycles. The average Bonchev–Trinajstić information content (AvgIpc) is 2.64. The van der Waals surface area contributed by atoms with Crippen molar-refractivity contribution < 1.29 is 13.9 Å². The molecule has 27 heavy (non-hydrogen) atoms. The molecule has 1 heterocycles. The molecule has 0 radical (unpaired) electrons. The minimum Gasteiger partial charge on any atom is -0.508 e. The van der Waals surface area contributed by atoms with Gasteiger partial charge in [-0.25, -0.2) is 9.18 Å². The summed E-state index contributed by atoms with van der Waals surface area (Å²) in [6, 6.07) is 17.8. The lowest BCUT2D eigenvalue weighted by Crippen LogP contribution is -2.09. The minimum atomic E-state index is -0.538. The van der Waals surface area contributed by atoms with Crippen LogP contribution in [0.4, 0.5) is 4.39 Å². The van der Waals surface area contributed by atoms with Crippen molar-refractivity contribution >= 4 is 22.6 Å². The van der Waals surface area contributed by atoms with Gasteiger partial charge in [0.25, 0.3) is 0 Å². The Morgan fingerprint density at radius 2 is 1.67 bits per heavy atom. The van der Waals surface area contributed by atoms with Crippen LogP contribution in [0.15, 0.2) is 75.9 Å². The highest BCUT2D eigenvalue weighted by Gasteiger charge is 2.17. The first-order valence-corrected chi connectivity index (χ1v) is 8.68. The molecule has 0 amide bonds. The second-order valence-electron chi connectivity index (χ2n) is 6.23. The second kappa shape index (κ2) is 6.89. The standard InChI is InChI=1S/C22H14ClFO3/c23-15-5-3-14(4-6-15)21-19(11-13-1-8-17(25)9-2-13)18-10-7-16(24)12-20(18)27-22(21)26/h1-10,12,25H,11H2. The number of aromatic hydroxyl groups is 1. The quantitative estimate of drug-likeness (QED) is 0.474. The van der Waals surface area contributed by atoms with Crippen LogP contribution in [-0.4, -0.2) is 5.11 Å². The summed E-state index contributed by atoms with van der Waals surface area (Å²) in [5, 5.41) is 10.7. The number of hydrogen-bond donors (Lipinski definition) is 1. The van der Waals surface area contributed by atoms with Crippen LogP contribution in [0.5, 0.6) is 5.75 Å². The van der Waals surface area contributed by atoms with Crippen molar-refractivity contribution in [3.63, 3.8) is 0 Å². The molecule has 5 heteroatoms. The van der Waals surface area contributed by atoms with Crippen LogP contribution in [0, 0.1) is 5.82 Å². The molecule has 1 N–H and O–H groups in total. The Labute approximate surface area is 159 Å². The molecule has 0 unspecified atom stereocenters. The van der Waals surface area contributed by atoms with Gasteiger partial charge in [-0.05, 0) is 59.5 Å². The Bertz CT molecular complexity index is 1180. The number of benzene rings is 3. The lowest BCUT2D eigenvalue weighted by molar-refractivity contribution is 0.475. The van der Waals surface area contributed by atoms with Gasteiger partial charge < -0.3 is 9.52 Å². The number of phenols is 1. The third-order valence-electron chi connectivity index (χ3n) is 4.43. The number of rotatable bonds is 3. The fourth-order valence-corrected chi connectivity index (χ4v) is 3.27. The molecule has 0 aliphatic rings. The molecule has 0 atom stereocenters. The molecule has 0 bridgehead atoms. The summed E-state index contributed by atoms with van der Waals surface area (Å²) < 4.78 is 19.0. The van der Waals surface area contributed by atoms with Gasteiger partial charge in [-0.3, -0.25) is 0 Å². The number of fused-ring (bicyclic) bond motifs is 1. The van der Waals surface area contributed by atoms with E-state index in [1.54, 1.807) is 54.6 Å². The van der Waals surface area contributed by atoms with Crippen molar-refractivity contribution in [2.45, 2.75) is 6.42 Å². The summed E-state index contributed by atoms with van der Waals surface area (Å²) in [6.45, 7) is 0. The average molecular weight is 381 g/mol. The maximum absolute atomic E-state index is 13.6. The predicted octanol–water partition coefficient (Wildman–Crippen LogP) is 5.55.